The molecule has 4 rings (SSSR count). The zero-order chi connectivity index (χ0) is 23.4. The molecule has 0 aliphatic rings. The molecule has 12 heteroatoms. The summed E-state index contributed by atoms with van der Waals surface area (Å²) in [6, 6.07) is 8.04. The van der Waals surface area contributed by atoms with Crippen molar-refractivity contribution in [2.24, 2.45) is 5.11 Å². The van der Waals surface area contributed by atoms with E-state index in [9.17, 15) is 30.7 Å². The summed E-state index contributed by atoms with van der Waals surface area (Å²) >= 11 is 0. The van der Waals surface area contributed by atoms with Gasteiger partial charge in [0, 0.05) is 26.9 Å². The van der Waals surface area contributed by atoms with E-state index in [1.807, 2.05) is 0 Å². The van der Waals surface area contributed by atoms with Crippen LogP contribution in [0.4, 0.5) is 0 Å². The van der Waals surface area contributed by atoms with Crippen LogP contribution in [0, 0.1) is 6.92 Å². The molecular formula is C20H13N2O8S2-. The van der Waals surface area contributed by atoms with Crippen molar-refractivity contribution >= 4 is 65.2 Å². The number of aryl methyl sites for hydroxylation is 1. The largest absolute Gasteiger partial charge is 0.744 e. The minimum absolute atomic E-state index is 0.0287. The summed E-state index contributed by atoms with van der Waals surface area (Å²) in [6.07, 6.45) is 0. The van der Waals surface area contributed by atoms with Crippen LogP contribution in [0.3, 0.4) is 0 Å². The molecule has 10 nitrogen and oxygen atoms in total. The van der Waals surface area contributed by atoms with Gasteiger partial charge in [-0.15, -0.1) is 0 Å². The second-order valence-corrected chi connectivity index (χ2v) is 9.66. The van der Waals surface area contributed by atoms with E-state index in [1.54, 1.807) is 19.1 Å². The number of benzene rings is 4. The van der Waals surface area contributed by atoms with Gasteiger partial charge in [0.2, 0.25) is 0 Å². The van der Waals surface area contributed by atoms with Crippen LogP contribution in [-0.2, 0) is 25.0 Å². The third kappa shape index (κ3) is 3.49. The van der Waals surface area contributed by atoms with Gasteiger partial charge in [-0.25, -0.2) is 16.8 Å². The number of hydrogen-bond donors (Lipinski definition) is 0. The Bertz CT molecular complexity index is 1650. The average Bonchev–Trinajstić information content (AvgIpc) is 2.69. The van der Waals surface area contributed by atoms with Crippen molar-refractivity contribution < 1.29 is 40.3 Å². The van der Waals surface area contributed by atoms with Crippen molar-refractivity contribution in [3.05, 3.63) is 42.0 Å². The highest BCUT2D eigenvalue weighted by Gasteiger charge is 2.22. The lowest BCUT2D eigenvalue weighted by atomic mass is 9.91. The Hall–Kier alpha value is -3.41. The number of rotatable bonds is 5. The maximum atomic E-state index is 11.9. The van der Waals surface area contributed by atoms with Crippen molar-refractivity contribution in [2.45, 2.75) is 16.7 Å². The summed E-state index contributed by atoms with van der Waals surface area (Å²) in [4.78, 5) is 13.2. The molecule has 4 aromatic rings. The summed E-state index contributed by atoms with van der Waals surface area (Å²) in [5.41, 5.74) is 0.662. The van der Waals surface area contributed by atoms with Gasteiger partial charge in [0.25, 0.3) is 6.72 Å². The van der Waals surface area contributed by atoms with E-state index in [0.29, 0.717) is 27.8 Å². The second kappa shape index (κ2) is 7.33. The van der Waals surface area contributed by atoms with E-state index in [2.05, 4.69) is 16.6 Å². The van der Waals surface area contributed by atoms with Gasteiger partial charge in [-0.3, -0.25) is 4.79 Å². The van der Waals surface area contributed by atoms with E-state index in [4.69, 9.17) is 4.74 Å². The zero-order valence-corrected chi connectivity index (χ0v) is 18.0. The standard InChI is InChI=1S/C20H14N2O8S2/c1-10-7-15(30-9-18(23)22-21-2)12-4-6-14-17(32(27,28)29)8-16(31(24,25)26)13-5-3-11(10)19(12)20(13)14/h3-8H,2,9H2,1H3,(H-,24,25,26,27,28,29)/p-1. The molecule has 0 aromatic heterocycles. The number of ether oxygens (including phenoxy) is 1. The number of carbonyl (C=O) groups is 1. The third-order valence-electron chi connectivity index (χ3n) is 5.06. The Morgan fingerprint density at radius 3 is 1.97 bits per heavy atom. The molecule has 0 radical (unpaired) electrons. The maximum Gasteiger partial charge on any atom is 0.363 e. The number of amides is 1. The van der Waals surface area contributed by atoms with Gasteiger partial charge in [-0.05, 0) is 36.1 Å². The van der Waals surface area contributed by atoms with E-state index < -0.39 is 42.5 Å². The fourth-order valence-electron chi connectivity index (χ4n) is 3.85. The van der Waals surface area contributed by atoms with Crippen LogP contribution in [0.2, 0.25) is 0 Å². The molecule has 0 fully saturated rings. The first-order chi connectivity index (χ1) is 14.9. The summed E-state index contributed by atoms with van der Waals surface area (Å²) in [7, 11) is -10.2. The molecule has 0 heterocycles. The van der Waals surface area contributed by atoms with Crippen LogP contribution < -0.4 is 4.74 Å². The molecule has 0 atom stereocenters. The van der Waals surface area contributed by atoms with Gasteiger partial charge >= 0.3 is 5.91 Å². The summed E-state index contributed by atoms with van der Waals surface area (Å²) in [5, 5.41) is 4.72. The molecule has 32 heavy (non-hydrogen) atoms. The minimum Gasteiger partial charge on any atom is -0.744 e. The second-order valence-electron chi connectivity index (χ2n) is 6.97. The molecule has 0 saturated heterocycles. The number of hydrogen-bond acceptors (Lipinski definition) is 8. The molecule has 0 aliphatic heterocycles. The Labute approximate surface area is 181 Å². The molecule has 4 aromatic carbocycles. The predicted molar refractivity (Wildman–Crippen MR) is 111 cm³/mol. The Morgan fingerprint density at radius 2 is 1.44 bits per heavy atom. The number of carbonyl (C=O) groups excluding carboxylic acids is 1. The molecule has 0 spiro atoms. The van der Waals surface area contributed by atoms with Gasteiger partial charge in [-0.1, -0.05) is 18.2 Å². The number of nitrogens with zero attached hydrogens (tertiary/aromatic N) is 2. The van der Waals surface area contributed by atoms with Gasteiger partial charge in [0.1, 0.15) is 26.0 Å². The average molecular weight is 473 g/mol. The molecule has 0 bridgehead atoms. The molecule has 1 amide bonds. The van der Waals surface area contributed by atoms with Crippen molar-refractivity contribution in [3.8, 4) is 5.75 Å². The molecule has 0 N–H and O–H groups in total. The van der Waals surface area contributed by atoms with Crippen molar-refractivity contribution in [1.29, 1.82) is 0 Å². The van der Waals surface area contributed by atoms with E-state index in [0.717, 1.165) is 0 Å². The first-order valence-electron chi connectivity index (χ1n) is 8.92. The summed E-state index contributed by atoms with van der Waals surface area (Å²) < 4.78 is 76.9. The van der Waals surface area contributed by atoms with Crippen molar-refractivity contribution in [1.82, 2.24) is 0 Å². The first kappa shape index (κ1) is 21.8. The van der Waals surface area contributed by atoms with E-state index in [1.165, 1.54) is 18.2 Å². The Kier molecular flexibility index (Phi) is 4.99. The van der Waals surface area contributed by atoms with Gasteiger partial charge in [0.15, 0.2) is 11.7 Å². The van der Waals surface area contributed by atoms with Crippen LogP contribution in [0.5, 0.6) is 5.75 Å². The normalized spacial score (nSPS) is 12.3. The highest BCUT2D eigenvalue weighted by molar-refractivity contribution is 7.86. The fourth-order valence-corrected chi connectivity index (χ4v) is 5.33. The lowest BCUT2D eigenvalue weighted by Gasteiger charge is -2.21. The van der Waals surface area contributed by atoms with Crippen LogP contribution in [0.1, 0.15) is 5.56 Å². The van der Waals surface area contributed by atoms with Crippen molar-refractivity contribution in [3.63, 3.8) is 0 Å². The molecule has 0 aliphatic carbocycles. The van der Waals surface area contributed by atoms with Gasteiger partial charge in [-0.2, -0.15) is 0 Å². The predicted octanol–water partition coefficient (Wildman–Crippen LogP) is 1.97. The van der Waals surface area contributed by atoms with Crippen LogP contribution in [0.25, 0.3) is 32.3 Å². The smallest absolute Gasteiger partial charge is 0.363 e. The SMILES string of the molecule is C=[N+]=NC(=O)COc1cc(C)c2ccc3c(S(=O)(=O)[O-])cc(S(=O)(=O)[O-])c4ccc1c2c34. The fraction of sp³-hybridized carbons (Fsp3) is 0.100. The summed E-state index contributed by atoms with van der Waals surface area (Å²) in [6.45, 7) is 4.36. The van der Waals surface area contributed by atoms with Gasteiger partial charge in [0.05, 0.1) is 14.6 Å². The van der Waals surface area contributed by atoms with Crippen LogP contribution in [-0.4, -0.2) is 50.0 Å². The maximum absolute atomic E-state index is 11.9. The Balaban J connectivity index is 2.18. The van der Waals surface area contributed by atoms with Crippen LogP contribution in [0.15, 0.2) is 51.3 Å². The van der Waals surface area contributed by atoms with E-state index >= 15 is 0 Å². The van der Waals surface area contributed by atoms with Gasteiger partial charge < -0.3 is 13.8 Å². The summed E-state index contributed by atoms with van der Waals surface area (Å²) in [5.74, 6) is -0.457. The lowest BCUT2D eigenvalue weighted by molar-refractivity contribution is -0.141. The highest BCUT2D eigenvalue weighted by atomic mass is 32.2. The minimum atomic E-state index is -5.12. The Morgan fingerprint density at radius 1 is 0.938 bits per heavy atom. The van der Waals surface area contributed by atoms with Crippen molar-refractivity contribution in [2.75, 3.05) is 6.61 Å². The molecule has 0 saturated carbocycles. The lowest BCUT2D eigenvalue weighted by Crippen LogP contribution is -2.09. The molecular weight excluding hydrogens is 460 g/mol. The van der Waals surface area contributed by atoms with E-state index in [-0.39, 0.29) is 21.9 Å². The molecule has 0 unspecified atom stereocenters. The third-order valence-corrected chi connectivity index (χ3v) is 6.82. The quantitative estimate of drug-likeness (QED) is 0.139. The zero-order valence-electron chi connectivity index (χ0n) is 16.4. The monoisotopic (exact) mass is 473 g/mol. The highest BCUT2D eigenvalue weighted by Crippen LogP contribution is 2.44. The topological polar surface area (TPSA) is 167 Å². The van der Waals surface area contributed by atoms with Crippen LogP contribution >= 0.6 is 0 Å². The molecule has 164 valence electrons. The first-order valence-corrected chi connectivity index (χ1v) is 11.7.